The first-order chi connectivity index (χ1) is 8.79. The quantitative estimate of drug-likeness (QED) is 0.842. The topological polar surface area (TPSA) is 44.2 Å². The highest BCUT2D eigenvalue weighted by Crippen LogP contribution is 2.29. The van der Waals surface area contributed by atoms with Crippen LogP contribution in [-0.2, 0) is 0 Å². The Morgan fingerprint density at radius 3 is 3.00 bits per heavy atom. The first-order valence-corrected chi connectivity index (χ1v) is 6.45. The average Bonchev–Trinajstić information content (AvgIpc) is 2.38. The highest BCUT2D eigenvalue weighted by atomic mass is 79.9. The molecular weight excluding hydrogens is 296 g/mol. The number of rotatable bonds is 5. The summed E-state index contributed by atoms with van der Waals surface area (Å²) in [6.45, 7) is 2.69. The molecule has 0 fully saturated rings. The Kier molecular flexibility index (Phi) is 4.52. The van der Waals surface area contributed by atoms with Crippen LogP contribution in [0.15, 0.2) is 41.3 Å². The molecular formula is C13H13BrN2O2. The van der Waals surface area contributed by atoms with Gasteiger partial charge in [0.1, 0.15) is 5.75 Å². The maximum Gasteiger partial charge on any atom is 0.262 e. The van der Waals surface area contributed by atoms with E-state index in [9.17, 15) is 0 Å². The van der Waals surface area contributed by atoms with E-state index >= 15 is 0 Å². The van der Waals surface area contributed by atoms with E-state index in [-0.39, 0.29) is 0 Å². The van der Waals surface area contributed by atoms with Gasteiger partial charge in [-0.2, -0.15) is 0 Å². The molecule has 0 spiro atoms. The van der Waals surface area contributed by atoms with Crippen molar-refractivity contribution in [2.24, 2.45) is 0 Å². The number of ether oxygens (including phenoxy) is 2. The monoisotopic (exact) mass is 308 g/mol. The molecule has 94 valence electrons. The zero-order valence-electron chi connectivity index (χ0n) is 9.97. The van der Waals surface area contributed by atoms with Crippen LogP contribution in [0.3, 0.4) is 0 Å². The Morgan fingerprint density at radius 2 is 2.22 bits per heavy atom. The first-order valence-electron chi connectivity index (χ1n) is 5.66. The van der Waals surface area contributed by atoms with Crippen molar-refractivity contribution in [1.82, 2.24) is 9.97 Å². The third-order valence-corrected chi connectivity index (χ3v) is 2.53. The predicted molar refractivity (Wildman–Crippen MR) is 72.0 cm³/mol. The normalized spacial score (nSPS) is 10.1. The molecule has 0 amide bonds. The van der Waals surface area contributed by atoms with Crippen LogP contribution in [0, 0.1) is 0 Å². The first kappa shape index (κ1) is 12.8. The largest absolute Gasteiger partial charge is 0.488 e. The SMILES string of the molecule is CCCOc1cccnc1Oc1cncc(Br)c1. The predicted octanol–water partition coefficient (Wildman–Crippen LogP) is 3.82. The van der Waals surface area contributed by atoms with Crippen molar-refractivity contribution in [1.29, 1.82) is 0 Å². The lowest BCUT2D eigenvalue weighted by atomic mass is 10.4. The molecule has 0 aliphatic carbocycles. The third kappa shape index (κ3) is 3.43. The van der Waals surface area contributed by atoms with Crippen LogP contribution in [-0.4, -0.2) is 16.6 Å². The van der Waals surface area contributed by atoms with E-state index in [1.165, 1.54) is 0 Å². The smallest absolute Gasteiger partial charge is 0.262 e. The van der Waals surface area contributed by atoms with E-state index in [1.54, 1.807) is 18.6 Å². The maximum atomic E-state index is 5.66. The lowest BCUT2D eigenvalue weighted by molar-refractivity contribution is 0.298. The van der Waals surface area contributed by atoms with Crippen LogP contribution >= 0.6 is 15.9 Å². The van der Waals surface area contributed by atoms with Crippen LogP contribution in [0.25, 0.3) is 0 Å². The molecule has 0 unspecified atom stereocenters. The summed E-state index contributed by atoms with van der Waals surface area (Å²) in [5, 5.41) is 0. The van der Waals surface area contributed by atoms with E-state index in [1.807, 2.05) is 18.2 Å². The Balaban J connectivity index is 2.17. The summed E-state index contributed by atoms with van der Waals surface area (Å²) in [5.41, 5.74) is 0. The Bertz CT molecular complexity index is 520. The van der Waals surface area contributed by atoms with Crippen molar-refractivity contribution in [3.05, 3.63) is 41.3 Å². The van der Waals surface area contributed by atoms with Gasteiger partial charge in [0.25, 0.3) is 5.88 Å². The minimum Gasteiger partial charge on any atom is -0.488 e. The molecule has 0 aromatic carbocycles. The molecule has 4 nitrogen and oxygen atoms in total. The van der Waals surface area contributed by atoms with Crippen LogP contribution in [0.4, 0.5) is 0 Å². The van der Waals surface area contributed by atoms with Gasteiger partial charge < -0.3 is 9.47 Å². The fourth-order valence-corrected chi connectivity index (χ4v) is 1.68. The summed E-state index contributed by atoms with van der Waals surface area (Å²) in [4.78, 5) is 8.20. The number of pyridine rings is 2. The molecule has 0 radical (unpaired) electrons. The van der Waals surface area contributed by atoms with Crippen molar-refractivity contribution in [3.8, 4) is 17.4 Å². The Hall–Kier alpha value is -1.62. The van der Waals surface area contributed by atoms with Crippen molar-refractivity contribution in [3.63, 3.8) is 0 Å². The van der Waals surface area contributed by atoms with Gasteiger partial charge in [0.15, 0.2) is 5.75 Å². The molecule has 0 atom stereocenters. The summed E-state index contributed by atoms with van der Waals surface area (Å²) in [5.74, 6) is 1.70. The van der Waals surface area contributed by atoms with Crippen LogP contribution in [0.2, 0.25) is 0 Å². The van der Waals surface area contributed by atoms with Gasteiger partial charge in [-0.1, -0.05) is 6.92 Å². The Morgan fingerprint density at radius 1 is 1.33 bits per heavy atom. The summed E-state index contributed by atoms with van der Waals surface area (Å²) < 4.78 is 12.1. The van der Waals surface area contributed by atoms with Gasteiger partial charge in [-0.25, -0.2) is 4.98 Å². The summed E-state index contributed by atoms with van der Waals surface area (Å²) in [7, 11) is 0. The van der Waals surface area contributed by atoms with Crippen molar-refractivity contribution < 1.29 is 9.47 Å². The second-order valence-corrected chi connectivity index (χ2v) is 4.51. The lowest BCUT2D eigenvalue weighted by Gasteiger charge is -2.10. The highest BCUT2D eigenvalue weighted by molar-refractivity contribution is 9.10. The number of aromatic nitrogens is 2. The van der Waals surface area contributed by atoms with E-state index in [4.69, 9.17) is 9.47 Å². The van der Waals surface area contributed by atoms with Gasteiger partial charge in [-0.15, -0.1) is 0 Å². The summed E-state index contributed by atoms with van der Waals surface area (Å²) in [6, 6.07) is 5.48. The zero-order chi connectivity index (χ0) is 12.8. The number of hydrogen-bond donors (Lipinski definition) is 0. The highest BCUT2D eigenvalue weighted by Gasteiger charge is 2.07. The third-order valence-electron chi connectivity index (χ3n) is 2.09. The number of halogens is 1. The fraction of sp³-hybridized carbons (Fsp3) is 0.231. The van der Waals surface area contributed by atoms with Crippen molar-refractivity contribution >= 4 is 15.9 Å². The number of nitrogens with zero attached hydrogens (tertiary/aromatic N) is 2. The van der Waals surface area contributed by atoms with Gasteiger partial charge in [0.2, 0.25) is 0 Å². The molecule has 2 aromatic heterocycles. The fourth-order valence-electron chi connectivity index (χ4n) is 1.33. The van der Waals surface area contributed by atoms with Gasteiger partial charge >= 0.3 is 0 Å². The molecule has 5 heteroatoms. The van der Waals surface area contributed by atoms with Crippen molar-refractivity contribution in [2.75, 3.05) is 6.61 Å². The average molecular weight is 309 g/mol. The molecule has 0 N–H and O–H groups in total. The lowest BCUT2D eigenvalue weighted by Crippen LogP contribution is -1.98. The van der Waals surface area contributed by atoms with E-state index in [2.05, 4.69) is 32.8 Å². The van der Waals surface area contributed by atoms with Crippen LogP contribution in [0.1, 0.15) is 13.3 Å². The minimum absolute atomic E-state index is 0.450. The van der Waals surface area contributed by atoms with Crippen LogP contribution in [0.5, 0.6) is 17.4 Å². The molecule has 0 saturated carbocycles. The van der Waals surface area contributed by atoms with E-state index < -0.39 is 0 Å². The van der Waals surface area contributed by atoms with E-state index in [0.29, 0.717) is 24.0 Å². The second kappa shape index (κ2) is 6.35. The van der Waals surface area contributed by atoms with Crippen molar-refractivity contribution in [2.45, 2.75) is 13.3 Å². The van der Waals surface area contributed by atoms with Gasteiger partial charge in [0, 0.05) is 16.9 Å². The molecule has 0 bridgehead atoms. The summed E-state index contributed by atoms with van der Waals surface area (Å²) >= 11 is 3.34. The molecule has 2 rings (SSSR count). The molecule has 0 aliphatic heterocycles. The molecule has 2 heterocycles. The second-order valence-electron chi connectivity index (χ2n) is 3.60. The number of hydrogen-bond acceptors (Lipinski definition) is 4. The van der Waals surface area contributed by atoms with Gasteiger partial charge in [-0.05, 0) is 40.5 Å². The standard InChI is InChI=1S/C13H13BrN2O2/c1-2-6-17-12-4-3-5-16-13(12)18-11-7-10(14)8-15-9-11/h3-5,7-9H,2,6H2,1H3. The van der Waals surface area contributed by atoms with Gasteiger partial charge in [0.05, 0.1) is 12.8 Å². The molecule has 18 heavy (non-hydrogen) atoms. The van der Waals surface area contributed by atoms with Gasteiger partial charge in [-0.3, -0.25) is 4.98 Å². The Labute approximate surface area is 114 Å². The molecule has 0 saturated heterocycles. The zero-order valence-corrected chi connectivity index (χ0v) is 11.6. The van der Waals surface area contributed by atoms with E-state index in [0.717, 1.165) is 10.9 Å². The maximum absolute atomic E-state index is 5.66. The van der Waals surface area contributed by atoms with Crippen LogP contribution < -0.4 is 9.47 Å². The minimum atomic E-state index is 0.450. The molecule has 0 aliphatic rings. The summed E-state index contributed by atoms with van der Waals surface area (Å²) in [6.07, 6.45) is 5.93. The molecule has 2 aromatic rings.